The first-order chi connectivity index (χ1) is 9.72. The number of ketones is 1. The van der Waals surface area contributed by atoms with Gasteiger partial charge in [-0.05, 0) is 25.0 Å². The largest absolute Gasteiger partial charge is 0.485 e. The smallest absolute Gasteiger partial charge is 0.264 e. The number of benzene rings is 1. The minimum absolute atomic E-state index is 0.0703. The van der Waals surface area contributed by atoms with E-state index >= 15 is 0 Å². The fourth-order valence-electron chi connectivity index (χ4n) is 2.53. The van der Waals surface area contributed by atoms with Gasteiger partial charge in [0.05, 0.1) is 0 Å². The molecule has 1 aromatic rings. The molecule has 1 fully saturated rings. The van der Waals surface area contributed by atoms with Crippen LogP contribution in [0.4, 0.5) is 0 Å². The molecule has 1 unspecified atom stereocenters. The van der Waals surface area contributed by atoms with Gasteiger partial charge in [0.1, 0.15) is 12.4 Å². The van der Waals surface area contributed by atoms with Crippen molar-refractivity contribution in [2.45, 2.75) is 37.8 Å². The van der Waals surface area contributed by atoms with E-state index in [-0.39, 0.29) is 24.3 Å². The number of hydrogen-bond acceptors (Lipinski definition) is 4. The van der Waals surface area contributed by atoms with Crippen LogP contribution in [0.1, 0.15) is 25.7 Å². The van der Waals surface area contributed by atoms with Gasteiger partial charge in [0.2, 0.25) is 6.10 Å². The molecule has 2 aliphatic rings. The summed E-state index contributed by atoms with van der Waals surface area (Å²) in [6.45, 7) is 0.217. The molecular weight excluding hydrogens is 258 g/mol. The Balaban J connectivity index is 1.57. The molecule has 1 amide bonds. The lowest BCUT2D eigenvalue weighted by atomic mass is 9.94. The molecule has 1 heterocycles. The lowest BCUT2D eigenvalue weighted by Gasteiger charge is -2.28. The summed E-state index contributed by atoms with van der Waals surface area (Å²) < 4.78 is 11.2. The van der Waals surface area contributed by atoms with Crippen molar-refractivity contribution in [3.05, 3.63) is 24.3 Å². The highest BCUT2D eigenvalue weighted by Gasteiger charge is 2.29. The molecule has 5 heteroatoms. The summed E-state index contributed by atoms with van der Waals surface area (Å²) in [5.74, 6) is 1.37. The molecule has 3 rings (SSSR count). The standard InChI is InChI=1S/C15H17NO4/c17-11-7-5-10(6-8-11)16-15(18)14-9-19-12-3-1-2-4-13(12)20-14/h1-4,10,14H,5-9H2,(H,16,18). The molecule has 1 aromatic carbocycles. The van der Waals surface area contributed by atoms with E-state index in [1.165, 1.54) is 0 Å². The van der Waals surface area contributed by atoms with E-state index in [2.05, 4.69) is 5.32 Å². The summed E-state index contributed by atoms with van der Waals surface area (Å²) in [6.07, 6.45) is 1.91. The number of carbonyl (C=O) groups is 2. The number of rotatable bonds is 2. The summed E-state index contributed by atoms with van der Waals surface area (Å²) in [6, 6.07) is 7.38. The topological polar surface area (TPSA) is 64.6 Å². The van der Waals surface area contributed by atoms with E-state index < -0.39 is 6.10 Å². The lowest BCUT2D eigenvalue weighted by molar-refractivity contribution is -0.132. The molecule has 0 aromatic heterocycles. The zero-order chi connectivity index (χ0) is 13.9. The third-order valence-electron chi connectivity index (χ3n) is 3.69. The van der Waals surface area contributed by atoms with Crippen LogP contribution >= 0.6 is 0 Å². The minimum Gasteiger partial charge on any atom is -0.485 e. The highest BCUT2D eigenvalue weighted by molar-refractivity contribution is 5.83. The van der Waals surface area contributed by atoms with Crippen molar-refractivity contribution in [3.8, 4) is 11.5 Å². The fraction of sp³-hybridized carbons (Fsp3) is 0.467. The zero-order valence-corrected chi connectivity index (χ0v) is 11.1. The molecule has 1 aliphatic carbocycles. The number of Topliss-reactive ketones (excluding diaryl/α,β-unsaturated/α-hetero) is 1. The maximum absolute atomic E-state index is 12.2. The average molecular weight is 275 g/mol. The van der Waals surface area contributed by atoms with Crippen LogP contribution in [0.3, 0.4) is 0 Å². The van der Waals surface area contributed by atoms with Crippen molar-refractivity contribution >= 4 is 11.7 Å². The molecule has 0 bridgehead atoms. The maximum Gasteiger partial charge on any atom is 0.264 e. The van der Waals surface area contributed by atoms with Gasteiger partial charge in [-0.15, -0.1) is 0 Å². The second-order valence-electron chi connectivity index (χ2n) is 5.19. The third kappa shape index (κ3) is 2.76. The highest BCUT2D eigenvalue weighted by atomic mass is 16.6. The molecule has 5 nitrogen and oxygen atoms in total. The average Bonchev–Trinajstić information content (AvgIpc) is 2.49. The van der Waals surface area contributed by atoms with Gasteiger partial charge in [-0.1, -0.05) is 12.1 Å². The van der Waals surface area contributed by atoms with Gasteiger partial charge < -0.3 is 14.8 Å². The predicted molar refractivity (Wildman–Crippen MR) is 71.8 cm³/mol. The molecule has 1 N–H and O–H groups in total. The molecule has 1 atom stereocenters. The molecule has 0 saturated heterocycles. The quantitative estimate of drug-likeness (QED) is 0.887. The van der Waals surface area contributed by atoms with Crippen LogP contribution < -0.4 is 14.8 Å². The Labute approximate surface area is 117 Å². The van der Waals surface area contributed by atoms with Crippen LogP contribution in [-0.4, -0.2) is 30.4 Å². The van der Waals surface area contributed by atoms with E-state index in [9.17, 15) is 9.59 Å². The Morgan fingerprint density at radius 1 is 1.15 bits per heavy atom. The normalized spacial score (nSPS) is 22.4. The molecule has 1 saturated carbocycles. The molecule has 106 valence electrons. The second kappa shape index (κ2) is 5.53. The second-order valence-corrected chi connectivity index (χ2v) is 5.19. The molecule has 0 spiro atoms. The van der Waals surface area contributed by atoms with Crippen LogP contribution in [0.5, 0.6) is 11.5 Å². The van der Waals surface area contributed by atoms with E-state index in [0.29, 0.717) is 24.3 Å². The number of fused-ring (bicyclic) bond motifs is 1. The number of carbonyl (C=O) groups excluding carboxylic acids is 2. The Bertz CT molecular complexity index is 518. The number of hydrogen-bond donors (Lipinski definition) is 1. The van der Waals surface area contributed by atoms with Gasteiger partial charge in [-0.2, -0.15) is 0 Å². The van der Waals surface area contributed by atoms with Crippen LogP contribution in [0.2, 0.25) is 0 Å². The zero-order valence-electron chi connectivity index (χ0n) is 11.1. The van der Waals surface area contributed by atoms with Gasteiger partial charge in [0, 0.05) is 18.9 Å². The molecular formula is C15H17NO4. The Morgan fingerprint density at radius 3 is 2.60 bits per heavy atom. The van der Waals surface area contributed by atoms with E-state index in [1.807, 2.05) is 18.2 Å². The van der Waals surface area contributed by atoms with Crippen LogP contribution in [0.25, 0.3) is 0 Å². The summed E-state index contributed by atoms with van der Waals surface area (Å²) in [5.41, 5.74) is 0. The molecule has 0 radical (unpaired) electrons. The van der Waals surface area contributed by atoms with Gasteiger partial charge in [-0.25, -0.2) is 0 Å². The summed E-state index contributed by atoms with van der Waals surface area (Å²) in [4.78, 5) is 23.3. The van der Waals surface area contributed by atoms with Gasteiger partial charge in [-0.3, -0.25) is 9.59 Å². The van der Waals surface area contributed by atoms with Gasteiger partial charge in [0.15, 0.2) is 11.5 Å². The molecule has 20 heavy (non-hydrogen) atoms. The van der Waals surface area contributed by atoms with Crippen LogP contribution in [-0.2, 0) is 9.59 Å². The van der Waals surface area contributed by atoms with Crippen molar-refractivity contribution in [2.75, 3.05) is 6.61 Å². The van der Waals surface area contributed by atoms with Crippen molar-refractivity contribution in [3.63, 3.8) is 0 Å². The first-order valence-electron chi connectivity index (χ1n) is 6.93. The SMILES string of the molecule is O=C1CCC(NC(=O)C2COc3ccccc3O2)CC1. The van der Waals surface area contributed by atoms with Crippen LogP contribution in [0, 0.1) is 0 Å². The van der Waals surface area contributed by atoms with E-state index in [4.69, 9.17) is 9.47 Å². The first-order valence-corrected chi connectivity index (χ1v) is 6.93. The summed E-state index contributed by atoms with van der Waals surface area (Å²) in [7, 11) is 0. The Kier molecular flexibility index (Phi) is 3.58. The number of ether oxygens (including phenoxy) is 2. The Hall–Kier alpha value is -2.04. The summed E-state index contributed by atoms with van der Waals surface area (Å²) >= 11 is 0. The number of amides is 1. The maximum atomic E-state index is 12.2. The van der Waals surface area contributed by atoms with E-state index in [0.717, 1.165) is 12.8 Å². The summed E-state index contributed by atoms with van der Waals surface area (Å²) in [5, 5.41) is 2.94. The van der Waals surface area contributed by atoms with Crippen molar-refractivity contribution < 1.29 is 19.1 Å². The van der Waals surface area contributed by atoms with Crippen molar-refractivity contribution in [1.82, 2.24) is 5.32 Å². The minimum atomic E-state index is -0.623. The molecule has 1 aliphatic heterocycles. The van der Waals surface area contributed by atoms with Crippen molar-refractivity contribution in [2.24, 2.45) is 0 Å². The fourth-order valence-corrected chi connectivity index (χ4v) is 2.53. The Morgan fingerprint density at radius 2 is 1.85 bits per heavy atom. The number of para-hydroxylation sites is 2. The monoisotopic (exact) mass is 275 g/mol. The highest BCUT2D eigenvalue weighted by Crippen LogP contribution is 2.31. The van der Waals surface area contributed by atoms with E-state index in [1.54, 1.807) is 6.07 Å². The van der Waals surface area contributed by atoms with Gasteiger partial charge in [0.25, 0.3) is 5.91 Å². The predicted octanol–water partition coefficient (Wildman–Crippen LogP) is 1.45. The lowest BCUT2D eigenvalue weighted by Crippen LogP contribution is -2.48. The van der Waals surface area contributed by atoms with Crippen molar-refractivity contribution in [1.29, 1.82) is 0 Å². The van der Waals surface area contributed by atoms with Crippen LogP contribution in [0.15, 0.2) is 24.3 Å². The number of nitrogens with one attached hydrogen (secondary N) is 1. The first kappa shape index (κ1) is 13.0. The third-order valence-corrected chi connectivity index (χ3v) is 3.69. The van der Waals surface area contributed by atoms with Gasteiger partial charge >= 0.3 is 0 Å².